The van der Waals surface area contributed by atoms with Crippen LogP contribution in [0.1, 0.15) is 12.0 Å². The van der Waals surface area contributed by atoms with Gasteiger partial charge in [-0.25, -0.2) is 0 Å². The van der Waals surface area contributed by atoms with E-state index in [1.165, 1.54) is 0 Å². The number of nitrogens with zero attached hydrogens (tertiary/aromatic N) is 3. The maximum atomic E-state index is 9.76. The third-order valence-corrected chi connectivity index (χ3v) is 3.55. The zero-order valence-corrected chi connectivity index (χ0v) is 13.6. The Bertz CT molecular complexity index is 607. The Morgan fingerprint density at radius 3 is 2.62 bits per heavy atom. The summed E-state index contributed by atoms with van der Waals surface area (Å²) < 4.78 is 4.54. The van der Waals surface area contributed by atoms with E-state index in [1.807, 2.05) is 54.4 Å². The summed E-state index contributed by atoms with van der Waals surface area (Å²) in [4.78, 5) is 11.8. The van der Waals surface area contributed by atoms with E-state index < -0.39 is 0 Å². The van der Waals surface area contributed by atoms with E-state index in [4.69, 9.17) is 0 Å². The molecule has 1 aromatic heterocycles. The molecule has 1 aliphatic rings. The average Bonchev–Trinajstić information content (AvgIpc) is 3.08. The molecule has 0 spiro atoms. The Kier molecular flexibility index (Phi) is 6.97. The van der Waals surface area contributed by atoms with Gasteiger partial charge in [-0.1, -0.05) is 30.3 Å². The molecule has 2 aromatic rings. The minimum absolute atomic E-state index is 0.222. The van der Waals surface area contributed by atoms with Gasteiger partial charge in [0.05, 0.1) is 6.10 Å². The molecule has 0 amide bonds. The Morgan fingerprint density at radius 2 is 2.08 bits per heavy atom. The van der Waals surface area contributed by atoms with Crippen molar-refractivity contribution in [3.8, 4) is 0 Å². The number of rotatable bonds is 5. The number of hydrogen-bond acceptors (Lipinski definition) is 7. The van der Waals surface area contributed by atoms with Gasteiger partial charge in [-0.2, -0.15) is 0 Å². The Labute approximate surface area is 141 Å². The van der Waals surface area contributed by atoms with Crippen LogP contribution in [0.4, 0.5) is 11.6 Å². The van der Waals surface area contributed by atoms with Crippen LogP contribution in [0.15, 0.2) is 42.5 Å². The third-order valence-electron chi connectivity index (χ3n) is 3.55. The summed E-state index contributed by atoms with van der Waals surface area (Å²) in [5, 5.41) is 20.3. The summed E-state index contributed by atoms with van der Waals surface area (Å²) in [6, 6.07) is 13.3. The summed E-state index contributed by atoms with van der Waals surface area (Å²) in [7, 11) is 1.81. The van der Waals surface area contributed by atoms with Crippen LogP contribution in [0.2, 0.25) is 0 Å². The number of aliphatic hydroxyl groups excluding tert-OH is 1. The quantitative estimate of drug-likeness (QED) is 0.802. The largest absolute Gasteiger partial charge is 0.463 e. The van der Waals surface area contributed by atoms with Gasteiger partial charge in [0.15, 0.2) is 5.82 Å². The van der Waals surface area contributed by atoms with E-state index in [0.717, 1.165) is 30.2 Å². The molecule has 1 fully saturated rings. The number of aromatic nitrogens is 2. The molecule has 1 atom stereocenters. The van der Waals surface area contributed by atoms with Crippen LogP contribution in [0.3, 0.4) is 0 Å². The molecule has 0 saturated carbocycles. The number of ether oxygens (including phenoxy) is 1. The van der Waals surface area contributed by atoms with Gasteiger partial charge in [0.1, 0.15) is 12.4 Å². The highest BCUT2D eigenvalue weighted by atomic mass is 16.5. The van der Waals surface area contributed by atoms with Crippen LogP contribution in [-0.2, 0) is 16.1 Å². The minimum atomic E-state index is -0.222. The van der Waals surface area contributed by atoms with Gasteiger partial charge in [-0.3, -0.25) is 4.79 Å². The predicted molar refractivity (Wildman–Crippen MR) is 91.7 cm³/mol. The monoisotopic (exact) mass is 330 g/mol. The molecule has 128 valence electrons. The number of benzene rings is 1. The summed E-state index contributed by atoms with van der Waals surface area (Å²) in [5.41, 5.74) is 1.01. The highest BCUT2D eigenvalue weighted by molar-refractivity contribution is 5.44. The van der Waals surface area contributed by atoms with E-state index in [2.05, 4.69) is 20.3 Å². The molecule has 3 rings (SSSR count). The number of carbonyl (C=O) groups is 1. The summed E-state index contributed by atoms with van der Waals surface area (Å²) in [6.07, 6.45) is 0.593. The molecule has 24 heavy (non-hydrogen) atoms. The number of nitrogens with one attached hydrogen (secondary N) is 1. The molecule has 1 saturated heterocycles. The Hall–Kier alpha value is -2.67. The smallest absolute Gasteiger partial charge is 0.293 e. The van der Waals surface area contributed by atoms with Crippen LogP contribution in [0, 0.1) is 0 Å². The average molecular weight is 330 g/mol. The van der Waals surface area contributed by atoms with Crippen molar-refractivity contribution >= 4 is 18.1 Å². The Balaban J connectivity index is 0.000000185. The zero-order chi connectivity index (χ0) is 17.2. The van der Waals surface area contributed by atoms with Gasteiger partial charge in [0, 0.05) is 20.1 Å². The molecule has 1 unspecified atom stereocenters. The second kappa shape index (κ2) is 9.46. The number of anilines is 2. The topological polar surface area (TPSA) is 87.6 Å². The molecule has 2 heterocycles. The van der Waals surface area contributed by atoms with E-state index in [0.29, 0.717) is 19.6 Å². The van der Waals surface area contributed by atoms with Gasteiger partial charge in [0.2, 0.25) is 0 Å². The van der Waals surface area contributed by atoms with Crippen LogP contribution < -0.4 is 10.2 Å². The van der Waals surface area contributed by atoms with E-state index in [1.54, 1.807) is 0 Å². The van der Waals surface area contributed by atoms with Gasteiger partial charge >= 0.3 is 0 Å². The molecule has 7 nitrogen and oxygen atoms in total. The molecule has 7 heteroatoms. The maximum absolute atomic E-state index is 9.76. The molecule has 0 bridgehead atoms. The molecule has 1 aliphatic heterocycles. The first kappa shape index (κ1) is 17.7. The van der Waals surface area contributed by atoms with Crippen molar-refractivity contribution in [2.45, 2.75) is 19.1 Å². The summed E-state index contributed by atoms with van der Waals surface area (Å²) in [6.45, 7) is 2.33. The number of carbonyl (C=O) groups excluding carboxylic acids is 1. The maximum Gasteiger partial charge on any atom is 0.293 e. The number of aliphatic hydroxyl groups is 1. The van der Waals surface area contributed by atoms with Crippen molar-refractivity contribution in [2.24, 2.45) is 0 Å². The van der Waals surface area contributed by atoms with Crippen molar-refractivity contribution in [1.82, 2.24) is 10.2 Å². The second-order valence-electron chi connectivity index (χ2n) is 5.31. The highest BCUT2D eigenvalue weighted by Crippen LogP contribution is 2.17. The highest BCUT2D eigenvalue weighted by Gasteiger charge is 2.21. The predicted octanol–water partition coefficient (Wildman–Crippen LogP) is 1.45. The molecular formula is C17H22N4O3. The lowest BCUT2D eigenvalue weighted by Gasteiger charge is -2.15. The first-order chi connectivity index (χ1) is 11.7. The van der Waals surface area contributed by atoms with Crippen molar-refractivity contribution in [3.63, 3.8) is 0 Å². The summed E-state index contributed by atoms with van der Waals surface area (Å²) in [5.74, 6) is 1.59. The molecule has 0 aliphatic carbocycles. The van der Waals surface area contributed by atoms with Crippen LogP contribution in [0.5, 0.6) is 0 Å². The Morgan fingerprint density at radius 1 is 1.29 bits per heavy atom. The standard InChI is InChI=1S/C9H14N4O.C8H8O2/c1-10-8-2-3-9(12-11-8)13-5-4-7(14)6-13;9-7-10-6-8-4-2-1-3-5-8/h2-3,7,14H,4-6H2,1H3,(H,10,11);1-5,7H,6H2. The van der Waals surface area contributed by atoms with Crippen molar-refractivity contribution in [1.29, 1.82) is 0 Å². The zero-order valence-electron chi connectivity index (χ0n) is 13.6. The molecule has 2 N–H and O–H groups in total. The minimum Gasteiger partial charge on any atom is -0.463 e. The second-order valence-corrected chi connectivity index (χ2v) is 5.31. The van der Waals surface area contributed by atoms with Gasteiger partial charge < -0.3 is 20.1 Å². The lowest BCUT2D eigenvalue weighted by atomic mass is 10.2. The molecule has 1 aromatic carbocycles. The first-order valence-electron chi connectivity index (χ1n) is 7.76. The molecular weight excluding hydrogens is 308 g/mol. The number of β-amino-alcohol motifs (C(OH)–C–C–N with tert-alkyl or cyclic N) is 1. The van der Waals surface area contributed by atoms with Crippen molar-refractivity contribution in [2.75, 3.05) is 30.4 Å². The van der Waals surface area contributed by atoms with Gasteiger partial charge in [0.25, 0.3) is 6.47 Å². The van der Waals surface area contributed by atoms with Crippen molar-refractivity contribution in [3.05, 3.63) is 48.0 Å². The fourth-order valence-corrected chi connectivity index (χ4v) is 2.28. The van der Waals surface area contributed by atoms with E-state index in [9.17, 15) is 9.90 Å². The van der Waals surface area contributed by atoms with Crippen LogP contribution >= 0.6 is 0 Å². The van der Waals surface area contributed by atoms with Crippen LogP contribution in [0.25, 0.3) is 0 Å². The third kappa shape index (κ3) is 5.51. The normalized spacial score (nSPS) is 16.1. The van der Waals surface area contributed by atoms with Gasteiger partial charge in [-0.15, -0.1) is 10.2 Å². The van der Waals surface area contributed by atoms with Gasteiger partial charge in [-0.05, 0) is 24.1 Å². The van der Waals surface area contributed by atoms with E-state index >= 15 is 0 Å². The fraction of sp³-hybridized carbons (Fsp3) is 0.353. The van der Waals surface area contributed by atoms with E-state index in [-0.39, 0.29) is 6.10 Å². The molecule has 0 radical (unpaired) electrons. The number of hydrogen-bond donors (Lipinski definition) is 2. The fourth-order valence-electron chi connectivity index (χ4n) is 2.28. The van der Waals surface area contributed by atoms with Crippen LogP contribution in [-0.4, -0.2) is 48.0 Å². The van der Waals surface area contributed by atoms with Crippen molar-refractivity contribution < 1.29 is 14.6 Å². The summed E-state index contributed by atoms with van der Waals surface area (Å²) >= 11 is 0. The lowest BCUT2D eigenvalue weighted by molar-refractivity contribution is -0.129. The SMILES string of the molecule is CNc1ccc(N2CCC(O)C2)nn1.O=COCc1ccccc1. The first-order valence-corrected chi connectivity index (χ1v) is 7.76. The lowest BCUT2D eigenvalue weighted by Crippen LogP contribution is -2.22.